The van der Waals surface area contributed by atoms with Crippen LogP contribution in [0, 0.1) is 5.92 Å². The number of hydrogen-bond donors (Lipinski definition) is 0. The third-order valence-electron chi connectivity index (χ3n) is 4.94. The molecule has 8 heteroatoms. The van der Waals surface area contributed by atoms with E-state index in [0.717, 1.165) is 31.5 Å². The molecule has 1 aliphatic heterocycles. The molecule has 1 aromatic rings. The molecule has 0 amide bonds. The van der Waals surface area contributed by atoms with Gasteiger partial charge in [0.05, 0.1) is 43.6 Å². The summed E-state index contributed by atoms with van der Waals surface area (Å²) in [6.45, 7) is 10.3. The van der Waals surface area contributed by atoms with Crippen LogP contribution in [0.3, 0.4) is 0 Å². The van der Waals surface area contributed by atoms with Crippen molar-refractivity contribution < 1.29 is 17.9 Å². The summed E-state index contributed by atoms with van der Waals surface area (Å²) in [5.41, 5.74) is 0.940. The van der Waals surface area contributed by atoms with E-state index in [4.69, 9.17) is 9.47 Å². The van der Waals surface area contributed by atoms with Gasteiger partial charge in [-0.1, -0.05) is 27.2 Å². The van der Waals surface area contributed by atoms with E-state index in [0.29, 0.717) is 45.2 Å². The Balaban J connectivity index is 2.08. The van der Waals surface area contributed by atoms with Crippen LogP contribution in [-0.4, -0.2) is 68.1 Å². The fraction of sp³-hybridized carbons (Fsp3) is 0.850. The van der Waals surface area contributed by atoms with Gasteiger partial charge < -0.3 is 14.0 Å². The second-order valence-electron chi connectivity index (χ2n) is 8.16. The average molecular weight is 416 g/mol. The Bertz CT molecular complexity index is 682. The Labute approximate surface area is 170 Å². The van der Waals surface area contributed by atoms with E-state index in [-0.39, 0.29) is 17.0 Å². The van der Waals surface area contributed by atoms with Crippen LogP contribution in [0.1, 0.15) is 52.1 Å². The van der Waals surface area contributed by atoms with Crippen LogP contribution in [0.25, 0.3) is 0 Å². The Kier molecular flexibility index (Phi) is 9.40. The normalized spacial score (nSPS) is 18.3. The van der Waals surface area contributed by atoms with Gasteiger partial charge >= 0.3 is 0 Å². The van der Waals surface area contributed by atoms with Crippen LogP contribution in [0.2, 0.25) is 0 Å². The molecule has 0 spiro atoms. The first kappa shape index (κ1) is 23.3. The van der Waals surface area contributed by atoms with E-state index in [1.807, 2.05) is 11.6 Å². The van der Waals surface area contributed by atoms with Crippen molar-refractivity contribution in [2.75, 3.05) is 39.2 Å². The van der Waals surface area contributed by atoms with Crippen molar-refractivity contribution in [1.29, 1.82) is 0 Å². The third-order valence-corrected chi connectivity index (χ3v) is 6.65. The molecule has 1 aliphatic rings. The first-order chi connectivity index (χ1) is 13.3. The van der Waals surface area contributed by atoms with E-state index < -0.39 is 9.84 Å². The smallest absolute Gasteiger partial charge is 0.227 e. The number of ether oxygens (including phenoxy) is 2. The highest BCUT2D eigenvalue weighted by Crippen LogP contribution is 2.18. The lowest BCUT2D eigenvalue weighted by atomic mass is 10.1. The quantitative estimate of drug-likeness (QED) is 0.523. The van der Waals surface area contributed by atoms with Gasteiger partial charge in [0.1, 0.15) is 0 Å². The summed E-state index contributed by atoms with van der Waals surface area (Å²) < 4.78 is 38.9. The lowest BCUT2D eigenvalue weighted by molar-refractivity contribution is -0.0964. The summed E-state index contributed by atoms with van der Waals surface area (Å²) >= 11 is 0. The summed E-state index contributed by atoms with van der Waals surface area (Å²) in [5, 5.41) is 0.227. The summed E-state index contributed by atoms with van der Waals surface area (Å²) in [6, 6.07) is 0. The minimum atomic E-state index is -3.37. The Hall–Kier alpha value is -0.960. The van der Waals surface area contributed by atoms with E-state index >= 15 is 0 Å². The van der Waals surface area contributed by atoms with Crippen LogP contribution in [-0.2, 0) is 32.4 Å². The van der Waals surface area contributed by atoms with Gasteiger partial charge in [-0.15, -0.1) is 0 Å². The van der Waals surface area contributed by atoms with Gasteiger partial charge in [-0.2, -0.15) is 0 Å². The standard InChI is InChI=1S/C20H37N3O4S/c1-5-6-9-23-18(14-22(4)15-19-16-26-10-11-27-19)13-21-20(23)28(24,25)12-7-8-17(2)3/h13,17,19H,5-12,14-16H2,1-4H3. The summed E-state index contributed by atoms with van der Waals surface area (Å²) in [7, 11) is -1.35. The molecule has 0 radical (unpaired) electrons. The largest absolute Gasteiger partial charge is 0.376 e. The molecule has 2 heterocycles. The molecule has 28 heavy (non-hydrogen) atoms. The van der Waals surface area contributed by atoms with Crippen LogP contribution < -0.4 is 0 Å². The molecule has 162 valence electrons. The minimum absolute atomic E-state index is 0.0602. The lowest BCUT2D eigenvalue weighted by Crippen LogP contribution is -2.38. The molecule has 1 unspecified atom stereocenters. The van der Waals surface area contributed by atoms with E-state index in [2.05, 4.69) is 30.7 Å². The van der Waals surface area contributed by atoms with Crippen LogP contribution >= 0.6 is 0 Å². The van der Waals surface area contributed by atoms with E-state index in [9.17, 15) is 8.42 Å². The minimum Gasteiger partial charge on any atom is -0.376 e. The second-order valence-corrected chi connectivity index (χ2v) is 10.2. The summed E-state index contributed by atoms with van der Waals surface area (Å²) in [6.07, 6.45) is 5.31. The van der Waals surface area contributed by atoms with Gasteiger partial charge in [-0.3, -0.25) is 4.90 Å². The van der Waals surface area contributed by atoms with Gasteiger partial charge in [0, 0.05) is 19.6 Å². The number of nitrogens with zero attached hydrogens (tertiary/aromatic N) is 3. The predicted molar refractivity (Wildman–Crippen MR) is 110 cm³/mol. The number of sulfone groups is 1. The van der Waals surface area contributed by atoms with Gasteiger partial charge in [-0.05, 0) is 32.2 Å². The zero-order chi connectivity index (χ0) is 20.6. The molecule has 0 aromatic carbocycles. The van der Waals surface area contributed by atoms with Gasteiger partial charge in [0.2, 0.25) is 15.0 Å². The molecule has 0 aliphatic carbocycles. The van der Waals surface area contributed by atoms with Gasteiger partial charge in [-0.25, -0.2) is 13.4 Å². The lowest BCUT2D eigenvalue weighted by Gasteiger charge is -2.27. The number of hydrogen-bond acceptors (Lipinski definition) is 6. The number of imidazole rings is 1. The van der Waals surface area contributed by atoms with Crippen LogP contribution in [0.5, 0.6) is 0 Å². The van der Waals surface area contributed by atoms with Crippen molar-refractivity contribution in [3.63, 3.8) is 0 Å². The van der Waals surface area contributed by atoms with E-state index in [1.165, 1.54) is 0 Å². The zero-order valence-corrected chi connectivity index (χ0v) is 18.7. The maximum absolute atomic E-state index is 12.9. The molecule has 0 saturated carbocycles. The highest BCUT2D eigenvalue weighted by Gasteiger charge is 2.24. The third kappa shape index (κ3) is 7.13. The Morgan fingerprint density at radius 3 is 2.75 bits per heavy atom. The predicted octanol–water partition coefficient (Wildman–Crippen LogP) is 2.74. The first-order valence-corrected chi connectivity index (χ1v) is 12.1. The van der Waals surface area contributed by atoms with Gasteiger partial charge in [0.25, 0.3) is 0 Å². The van der Waals surface area contributed by atoms with Crippen molar-refractivity contribution in [2.24, 2.45) is 5.92 Å². The first-order valence-electron chi connectivity index (χ1n) is 10.5. The fourth-order valence-corrected chi connectivity index (χ4v) is 4.91. The molecule has 7 nitrogen and oxygen atoms in total. The molecule has 0 bridgehead atoms. The second kappa shape index (κ2) is 11.3. The maximum atomic E-state index is 12.9. The fourth-order valence-electron chi connectivity index (χ4n) is 3.43. The molecule has 1 atom stereocenters. The Morgan fingerprint density at radius 1 is 1.32 bits per heavy atom. The molecule has 1 saturated heterocycles. The highest BCUT2D eigenvalue weighted by molar-refractivity contribution is 7.91. The number of aromatic nitrogens is 2. The molecule has 2 rings (SSSR count). The number of rotatable bonds is 12. The van der Waals surface area contributed by atoms with Crippen LogP contribution in [0.15, 0.2) is 11.4 Å². The molecular weight excluding hydrogens is 378 g/mol. The molecule has 0 N–H and O–H groups in total. The van der Waals surface area contributed by atoms with Gasteiger partial charge in [0.15, 0.2) is 0 Å². The maximum Gasteiger partial charge on any atom is 0.227 e. The summed E-state index contributed by atoms with van der Waals surface area (Å²) in [5.74, 6) is 0.668. The molecule has 1 aromatic heterocycles. The van der Waals surface area contributed by atoms with Crippen molar-refractivity contribution in [3.8, 4) is 0 Å². The van der Waals surface area contributed by atoms with Crippen molar-refractivity contribution >= 4 is 9.84 Å². The van der Waals surface area contributed by atoms with Crippen molar-refractivity contribution in [2.45, 2.75) is 70.8 Å². The SMILES string of the molecule is CCCCn1c(CN(C)CC2COCCO2)cnc1S(=O)(=O)CCCC(C)C. The average Bonchev–Trinajstić information content (AvgIpc) is 3.03. The Morgan fingerprint density at radius 2 is 2.11 bits per heavy atom. The summed E-state index contributed by atoms with van der Waals surface area (Å²) in [4.78, 5) is 6.48. The van der Waals surface area contributed by atoms with Crippen molar-refractivity contribution in [3.05, 3.63) is 11.9 Å². The molecular formula is C20H37N3O4S. The number of likely N-dealkylation sites (N-methyl/N-ethyl adjacent to an activating group) is 1. The zero-order valence-electron chi connectivity index (χ0n) is 17.9. The monoisotopic (exact) mass is 415 g/mol. The topological polar surface area (TPSA) is 73.7 Å². The highest BCUT2D eigenvalue weighted by atomic mass is 32.2. The van der Waals surface area contributed by atoms with E-state index in [1.54, 1.807) is 6.20 Å². The molecule has 1 fully saturated rings. The van der Waals surface area contributed by atoms with Crippen molar-refractivity contribution in [1.82, 2.24) is 14.5 Å². The van der Waals surface area contributed by atoms with Crippen LogP contribution in [0.4, 0.5) is 0 Å². The number of unbranched alkanes of at least 4 members (excludes halogenated alkanes) is 1.